The summed E-state index contributed by atoms with van der Waals surface area (Å²) in [6.45, 7) is 1.96. The van der Waals surface area contributed by atoms with E-state index < -0.39 is 0 Å². The second-order valence-electron chi connectivity index (χ2n) is 5.12. The summed E-state index contributed by atoms with van der Waals surface area (Å²) in [5.74, 6) is 0. The molecule has 0 spiro atoms. The van der Waals surface area contributed by atoms with Gasteiger partial charge in [-0.3, -0.25) is 0 Å². The molecule has 0 bridgehead atoms. The normalized spacial score (nSPS) is 10.5. The average molecular weight is 328 g/mol. The van der Waals surface area contributed by atoms with Crippen molar-refractivity contribution < 1.29 is 0 Å². The van der Waals surface area contributed by atoms with Crippen LogP contribution in [0.25, 0.3) is 11.1 Å². The van der Waals surface area contributed by atoms with Crippen LogP contribution in [0.2, 0.25) is 10.0 Å². The summed E-state index contributed by atoms with van der Waals surface area (Å²) in [6.07, 6.45) is 0. The maximum Gasteiger partial charge on any atom is 0.0765 e. The van der Waals surface area contributed by atoms with Crippen LogP contribution in [0.3, 0.4) is 0 Å². The predicted octanol–water partition coefficient (Wildman–Crippen LogP) is 6.71. The van der Waals surface area contributed by atoms with E-state index in [1.807, 2.05) is 49.4 Å². The first-order chi connectivity index (χ1) is 10.6. The lowest BCUT2D eigenvalue weighted by Crippen LogP contribution is -1.94. The molecule has 0 aliphatic carbocycles. The second-order valence-corrected chi connectivity index (χ2v) is 5.91. The first-order valence-corrected chi connectivity index (χ1v) is 7.78. The fourth-order valence-electron chi connectivity index (χ4n) is 2.29. The molecule has 0 aliphatic heterocycles. The number of nitrogens with one attached hydrogen (secondary N) is 1. The Morgan fingerprint density at radius 2 is 1.36 bits per heavy atom. The van der Waals surface area contributed by atoms with Crippen molar-refractivity contribution in [1.29, 1.82) is 0 Å². The summed E-state index contributed by atoms with van der Waals surface area (Å²) in [5, 5.41) is 4.56. The van der Waals surface area contributed by atoms with Crippen LogP contribution in [-0.4, -0.2) is 0 Å². The largest absolute Gasteiger partial charge is 0.353 e. The Labute approximate surface area is 140 Å². The molecule has 3 aromatic carbocycles. The third kappa shape index (κ3) is 3.11. The number of hydrogen-bond donors (Lipinski definition) is 1. The molecule has 3 aromatic rings. The molecule has 0 fully saturated rings. The van der Waals surface area contributed by atoms with Gasteiger partial charge in [0.2, 0.25) is 0 Å². The van der Waals surface area contributed by atoms with Gasteiger partial charge in [-0.25, -0.2) is 0 Å². The molecule has 1 nitrogen and oxygen atoms in total. The van der Waals surface area contributed by atoms with Crippen molar-refractivity contribution in [3.8, 4) is 11.1 Å². The molecule has 0 saturated heterocycles. The van der Waals surface area contributed by atoms with Crippen molar-refractivity contribution in [3.63, 3.8) is 0 Å². The van der Waals surface area contributed by atoms with Crippen molar-refractivity contribution in [1.82, 2.24) is 0 Å². The van der Waals surface area contributed by atoms with Gasteiger partial charge in [-0.2, -0.15) is 0 Å². The van der Waals surface area contributed by atoms with E-state index in [1.54, 1.807) is 0 Å². The molecular weight excluding hydrogens is 313 g/mol. The first-order valence-electron chi connectivity index (χ1n) is 7.02. The van der Waals surface area contributed by atoms with Gasteiger partial charge in [0.05, 0.1) is 15.7 Å². The lowest BCUT2D eigenvalue weighted by Gasteiger charge is -2.12. The van der Waals surface area contributed by atoms with Crippen molar-refractivity contribution in [2.75, 3.05) is 5.32 Å². The van der Waals surface area contributed by atoms with Gasteiger partial charge < -0.3 is 5.32 Å². The Balaban J connectivity index is 1.87. The number of aryl methyl sites for hydroxylation is 1. The minimum Gasteiger partial charge on any atom is -0.353 e. The molecule has 0 saturated carbocycles. The van der Waals surface area contributed by atoms with Crippen molar-refractivity contribution >= 4 is 34.6 Å². The number of rotatable bonds is 3. The van der Waals surface area contributed by atoms with E-state index >= 15 is 0 Å². The minimum absolute atomic E-state index is 0.614. The van der Waals surface area contributed by atoms with Crippen LogP contribution in [0.15, 0.2) is 66.7 Å². The molecule has 1 N–H and O–H groups in total. The molecule has 3 heteroatoms. The van der Waals surface area contributed by atoms with Crippen LogP contribution in [0.5, 0.6) is 0 Å². The smallest absolute Gasteiger partial charge is 0.0765 e. The van der Waals surface area contributed by atoms with Gasteiger partial charge >= 0.3 is 0 Å². The lowest BCUT2D eigenvalue weighted by atomic mass is 10.1. The van der Waals surface area contributed by atoms with Gasteiger partial charge in [-0.15, -0.1) is 0 Å². The van der Waals surface area contributed by atoms with Crippen LogP contribution in [0, 0.1) is 6.92 Å². The Morgan fingerprint density at radius 1 is 0.727 bits per heavy atom. The van der Waals surface area contributed by atoms with E-state index in [9.17, 15) is 0 Å². The van der Waals surface area contributed by atoms with Gasteiger partial charge in [0.1, 0.15) is 0 Å². The van der Waals surface area contributed by atoms with Crippen molar-refractivity contribution in [3.05, 3.63) is 82.3 Å². The molecule has 110 valence electrons. The van der Waals surface area contributed by atoms with E-state index in [0.717, 1.165) is 16.9 Å². The summed E-state index contributed by atoms with van der Waals surface area (Å²) >= 11 is 12.6. The molecule has 0 amide bonds. The highest BCUT2D eigenvalue weighted by atomic mass is 35.5. The van der Waals surface area contributed by atoms with Gasteiger partial charge in [0, 0.05) is 5.69 Å². The Kier molecular flexibility index (Phi) is 4.37. The Hall–Kier alpha value is -1.96. The van der Waals surface area contributed by atoms with Gasteiger partial charge in [0.15, 0.2) is 0 Å². The summed E-state index contributed by atoms with van der Waals surface area (Å²) in [6, 6.07) is 22.2. The summed E-state index contributed by atoms with van der Waals surface area (Å²) in [7, 11) is 0. The summed E-state index contributed by atoms with van der Waals surface area (Å²) in [5.41, 5.74) is 5.06. The number of anilines is 2. The molecular formula is C19H15Cl2N. The Bertz CT molecular complexity index is 781. The van der Waals surface area contributed by atoms with Crippen LogP contribution in [0.1, 0.15) is 5.56 Å². The van der Waals surface area contributed by atoms with Crippen LogP contribution >= 0.6 is 23.2 Å². The van der Waals surface area contributed by atoms with Gasteiger partial charge in [-0.1, -0.05) is 71.7 Å². The number of halogens is 2. The van der Waals surface area contributed by atoms with E-state index in [-0.39, 0.29) is 0 Å². The zero-order chi connectivity index (χ0) is 15.5. The summed E-state index contributed by atoms with van der Waals surface area (Å²) in [4.78, 5) is 0. The molecule has 0 heterocycles. The van der Waals surface area contributed by atoms with E-state index in [4.69, 9.17) is 23.2 Å². The minimum atomic E-state index is 0.614. The number of hydrogen-bond acceptors (Lipinski definition) is 1. The Morgan fingerprint density at radius 3 is 2.05 bits per heavy atom. The van der Waals surface area contributed by atoms with Gasteiger partial charge in [0.25, 0.3) is 0 Å². The fourth-order valence-corrected chi connectivity index (χ4v) is 2.76. The lowest BCUT2D eigenvalue weighted by molar-refractivity contribution is 1.45. The first kappa shape index (κ1) is 15.0. The fraction of sp³-hybridized carbons (Fsp3) is 0.0526. The standard InChI is InChI=1S/C19H15Cl2N/c1-13-7-12-17(20)19(18(13)21)22-16-10-8-15(9-11-16)14-5-3-2-4-6-14/h2-12,22H,1H3. The SMILES string of the molecule is Cc1ccc(Cl)c(Nc2ccc(-c3ccccc3)cc2)c1Cl. The van der Waals surface area contributed by atoms with Crippen LogP contribution < -0.4 is 5.32 Å². The zero-order valence-corrected chi connectivity index (χ0v) is 13.6. The molecule has 0 aromatic heterocycles. The highest BCUT2D eigenvalue weighted by molar-refractivity contribution is 6.39. The predicted molar refractivity (Wildman–Crippen MR) is 96.4 cm³/mol. The molecule has 0 radical (unpaired) electrons. The maximum absolute atomic E-state index is 6.33. The molecule has 22 heavy (non-hydrogen) atoms. The molecule has 3 rings (SSSR count). The van der Waals surface area contributed by atoms with Crippen LogP contribution in [0.4, 0.5) is 11.4 Å². The molecule has 0 unspecified atom stereocenters. The van der Waals surface area contributed by atoms with Crippen molar-refractivity contribution in [2.24, 2.45) is 0 Å². The highest BCUT2D eigenvalue weighted by Crippen LogP contribution is 2.35. The van der Waals surface area contributed by atoms with Gasteiger partial charge in [-0.05, 0) is 41.8 Å². The third-order valence-electron chi connectivity index (χ3n) is 3.55. The topological polar surface area (TPSA) is 12.0 Å². The monoisotopic (exact) mass is 327 g/mol. The van der Waals surface area contributed by atoms with E-state index in [1.165, 1.54) is 11.1 Å². The van der Waals surface area contributed by atoms with Crippen molar-refractivity contribution in [2.45, 2.75) is 6.92 Å². The third-order valence-corrected chi connectivity index (χ3v) is 4.35. The van der Waals surface area contributed by atoms with E-state index in [2.05, 4.69) is 29.6 Å². The highest BCUT2D eigenvalue weighted by Gasteiger charge is 2.08. The summed E-state index contributed by atoms with van der Waals surface area (Å²) < 4.78 is 0. The maximum atomic E-state index is 6.33. The quantitative estimate of drug-likeness (QED) is 0.563. The zero-order valence-electron chi connectivity index (χ0n) is 12.1. The average Bonchev–Trinajstić information content (AvgIpc) is 2.57. The second kappa shape index (κ2) is 6.43. The van der Waals surface area contributed by atoms with E-state index in [0.29, 0.717) is 10.0 Å². The number of benzene rings is 3. The molecule has 0 aliphatic rings. The molecule has 0 atom stereocenters. The van der Waals surface area contributed by atoms with Crippen LogP contribution in [-0.2, 0) is 0 Å².